The summed E-state index contributed by atoms with van der Waals surface area (Å²) in [6.07, 6.45) is -0.429. The van der Waals surface area contributed by atoms with Gasteiger partial charge in [-0.15, -0.1) is 0 Å². The topological polar surface area (TPSA) is 26.2 Å². The van der Waals surface area contributed by atoms with Crippen molar-refractivity contribution in [2.24, 2.45) is 7.05 Å². The van der Waals surface area contributed by atoms with E-state index in [-0.39, 0.29) is 18.2 Å². The number of rotatable bonds is 4. The van der Waals surface area contributed by atoms with Crippen molar-refractivity contribution in [1.82, 2.24) is 0 Å². The van der Waals surface area contributed by atoms with Gasteiger partial charge in [0, 0.05) is 52.3 Å². The summed E-state index contributed by atoms with van der Waals surface area (Å²) in [7, 11) is 5.74. The number of hydrogen-bond donors (Lipinski definition) is 0. The third kappa shape index (κ3) is 3.54. The van der Waals surface area contributed by atoms with Crippen LogP contribution in [-0.2, 0) is 16.5 Å². The number of aromatic nitrogens is 2. The van der Waals surface area contributed by atoms with Crippen LogP contribution in [0, 0.1) is 13.8 Å². The highest BCUT2D eigenvalue weighted by atomic mass is 16.5. The van der Waals surface area contributed by atoms with E-state index in [9.17, 15) is 0 Å². The number of methoxy groups -OCH3 is 2. The minimum Gasteiger partial charge on any atom is -0.376 e. The van der Waals surface area contributed by atoms with E-state index < -0.39 is 0 Å². The predicted octanol–water partition coefficient (Wildman–Crippen LogP) is 5.38. The van der Waals surface area contributed by atoms with Crippen LogP contribution in [0.5, 0.6) is 0 Å². The normalized spacial score (nSPS) is 19.3. The molecule has 0 saturated carbocycles. The molecule has 2 aromatic heterocycles. The van der Waals surface area contributed by atoms with Crippen LogP contribution in [-0.4, -0.2) is 14.2 Å². The Balaban J connectivity index is 1.84. The first kappa shape index (κ1) is 22.5. The van der Waals surface area contributed by atoms with Crippen LogP contribution in [0.2, 0.25) is 0 Å². The first-order chi connectivity index (χ1) is 16.6. The monoisotopic (exact) mass is 452 g/mol. The van der Waals surface area contributed by atoms with Gasteiger partial charge in [0.25, 0.3) is 6.23 Å². The molecule has 3 heterocycles. The van der Waals surface area contributed by atoms with Crippen molar-refractivity contribution in [3.8, 4) is 22.5 Å². The third-order valence-electron chi connectivity index (χ3n) is 7.24. The van der Waals surface area contributed by atoms with E-state index in [1.54, 1.807) is 7.11 Å². The summed E-state index contributed by atoms with van der Waals surface area (Å²) in [6, 6.07) is 30.1. The lowest BCUT2D eigenvalue weighted by Gasteiger charge is -2.29. The Morgan fingerprint density at radius 2 is 1.21 bits per heavy atom. The average molecular weight is 453 g/mol. The molecule has 0 fully saturated rings. The summed E-state index contributed by atoms with van der Waals surface area (Å²) >= 11 is 0. The molecule has 0 bridgehead atoms. The van der Waals surface area contributed by atoms with E-state index in [0.717, 1.165) is 11.4 Å². The van der Waals surface area contributed by atoms with Gasteiger partial charge < -0.3 is 9.47 Å². The zero-order chi connectivity index (χ0) is 23.8. The van der Waals surface area contributed by atoms with Crippen molar-refractivity contribution in [1.29, 1.82) is 0 Å². The molecule has 2 aromatic carbocycles. The van der Waals surface area contributed by atoms with Crippen LogP contribution < -0.4 is 9.13 Å². The van der Waals surface area contributed by atoms with Crippen LogP contribution >= 0.6 is 0 Å². The molecule has 34 heavy (non-hydrogen) atoms. The lowest BCUT2D eigenvalue weighted by atomic mass is 9.83. The summed E-state index contributed by atoms with van der Waals surface area (Å²) in [5.41, 5.74) is 9.44. The summed E-state index contributed by atoms with van der Waals surface area (Å²) in [5, 5.41) is 0. The fraction of sp³-hybridized carbons (Fsp3) is 0.267. The molecule has 0 aliphatic carbocycles. The van der Waals surface area contributed by atoms with Crippen molar-refractivity contribution >= 4 is 0 Å². The molecule has 0 saturated heterocycles. The van der Waals surface area contributed by atoms with E-state index in [2.05, 4.69) is 115 Å². The maximum absolute atomic E-state index is 6.33. The van der Waals surface area contributed by atoms with E-state index in [1.165, 1.54) is 33.6 Å². The van der Waals surface area contributed by atoms with Gasteiger partial charge >= 0.3 is 0 Å². The van der Waals surface area contributed by atoms with Gasteiger partial charge in [-0.05, 0) is 35.4 Å². The molecule has 172 valence electrons. The van der Waals surface area contributed by atoms with Crippen molar-refractivity contribution in [2.75, 3.05) is 14.2 Å². The largest absolute Gasteiger partial charge is 0.376 e. The Labute approximate surface area is 202 Å². The van der Waals surface area contributed by atoms with E-state index in [0.29, 0.717) is 0 Å². The molecule has 0 spiro atoms. The Morgan fingerprint density at radius 1 is 0.618 bits per heavy atom. The molecule has 0 radical (unpaired) electrons. The number of pyridine rings is 2. The van der Waals surface area contributed by atoms with Gasteiger partial charge in [0.2, 0.25) is 11.4 Å². The van der Waals surface area contributed by atoms with Crippen LogP contribution in [0.3, 0.4) is 0 Å². The second kappa shape index (κ2) is 9.13. The Hall–Kier alpha value is -3.34. The lowest BCUT2D eigenvalue weighted by molar-refractivity contribution is -0.760. The summed E-state index contributed by atoms with van der Waals surface area (Å²) in [6.45, 7) is 4.29. The maximum Gasteiger partial charge on any atom is 0.272 e. The zero-order valence-electron chi connectivity index (χ0n) is 20.5. The van der Waals surface area contributed by atoms with Gasteiger partial charge in [0.05, 0.1) is 17.2 Å². The number of hydrogen-bond acceptors (Lipinski definition) is 2. The lowest BCUT2D eigenvalue weighted by Crippen LogP contribution is -2.48. The van der Waals surface area contributed by atoms with Crippen molar-refractivity contribution in [3.05, 3.63) is 107 Å². The van der Waals surface area contributed by atoms with Crippen LogP contribution in [0.4, 0.5) is 0 Å². The van der Waals surface area contributed by atoms with Gasteiger partial charge in [0.1, 0.15) is 13.0 Å². The molecule has 5 rings (SSSR count). The Morgan fingerprint density at radius 3 is 1.88 bits per heavy atom. The maximum atomic E-state index is 6.33. The molecular formula is C30H32N2O2+2. The second-order valence-corrected chi connectivity index (χ2v) is 9.02. The number of benzene rings is 2. The number of ether oxygens (including phenoxy) is 2. The van der Waals surface area contributed by atoms with E-state index in [1.807, 2.05) is 7.11 Å². The second-order valence-electron chi connectivity index (χ2n) is 9.02. The highest BCUT2D eigenvalue weighted by molar-refractivity contribution is 5.66. The smallest absolute Gasteiger partial charge is 0.272 e. The van der Waals surface area contributed by atoms with E-state index >= 15 is 0 Å². The number of nitrogens with zero attached hydrogens (tertiary/aromatic N) is 2. The number of aryl methyl sites for hydroxylation is 2. The summed E-state index contributed by atoms with van der Waals surface area (Å²) < 4.78 is 17.2. The predicted molar refractivity (Wildman–Crippen MR) is 133 cm³/mol. The van der Waals surface area contributed by atoms with Crippen molar-refractivity contribution < 1.29 is 18.6 Å². The highest BCUT2D eigenvalue weighted by Crippen LogP contribution is 2.48. The molecule has 0 amide bonds. The summed E-state index contributed by atoms with van der Waals surface area (Å²) in [4.78, 5) is 0. The third-order valence-corrected chi connectivity index (χ3v) is 7.24. The molecule has 3 unspecified atom stereocenters. The molecule has 3 atom stereocenters. The Kier molecular flexibility index (Phi) is 6.03. The fourth-order valence-electron chi connectivity index (χ4n) is 5.49. The summed E-state index contributed by atoms with van der Waals surface area (Å²) in [5.74, 6) is -0.0692. The van der Waals surface area contributed by atoms with Crippen LogP contribution in [0.1, 0.15) is 40.8 Å². The molecular weight excluding hydrogens is 420 g/mol. The van der Waals surface area contributed by atoms with Gasteiger partial charge in [-0.25, -0.2) is 0 Å². The zero-order valence-corrected chi connectivity index (χ0v) is 20.5. The van der Waals surface area contributed by atoms with Gasteiger partial charge in [-0.3, -0.25) is 0 Å². The standard InChI is InChI=1S/C30H32N2O2/c1-20-12-10-18-26(31(20)3)22-14-6-8-16-24(22)28-29(33-4)25-17-9-7-15-23(25)27-19-11-13-21(2)32(27)30(28)34-5/h6-19,28-30H,1-5H3/q+2. The average Bonchev–Trinajstić information content (AvgIpc) is 2.98. The molecule has 1 aliphatic rings. The fourth-order valence-corrected chi connectivity index (χ4v) is 5.49. The molecule has 4 heteroatoms. The van der Waals surface area contributed by atoms with E-state index in [4.69, 9.17) is 9.47 Å². The highest BCUT2D eigenvalue weighted by Gasteiger charge is 2.46. The quantitative estimate of drug-likeness (QED) is 0.389. The van der Waals surface area contributed by atoms with Crippen molar-refractivity contribution in [2.45, 2.75) is 32.1 Å². The minimum absolute atomic E-state index is 0.0692. The minimum atomic E-state index is -0.246. The van der Waals surface area contributed by atoms with Crippen LogP contribution in [0.15, 0.2) is 84.9 Å². The first-order valence-electron chi connectivity index (χ1n) is 11.8. The van der Waals surface area contributed by atoms with Gasteiger partial charge in [0.15, 0.2) is 11.4 Å². The first-order valence-corrected chi connectivity index (χ1v) is 11.8. The number of fused-ring (bicyclic) bond motifs is 3. The van der Waals surface area contributed by atoms with Gasteiger partial charge in [-0.1, -0.05) is 36.4 Å². The SMILES string of the molecule is COC1c2ccccc2-c2cccc(C)[n+]2C(OC)C1c1ccccc1-c1cccc(C)[n+]1C. The Bertz CT molecular complexity index is 1350. The molecule has 4 nitrogen and oxygen atoms in total. The molecule has 1 aliphatic heterocycles. The van der Waals surface area contributed by atoms with Gasteiger partial charge in [-0.2, -0.15) is 9.13 Å². The molecule has 0 N–H and O–H groups in total. The molecule has 4 aromatic rings. The van der Waals surface area contributed by atoms with Crippen molar-refractivity contribution in [3.63, 3.8) is 0 Å². The van der Waals surface area contributed by atoms with Crippen LogP contribution in [0.25, 0.3) is 22.5 Å².